The molecule has 2 bridgehead atoms. The Morgan fingerprint density at radius 2 is 1.75 bits per heavy atom. The van der Waals surface area contributed by atoms with Gasteiger partial charge in [0.2, 0.25) is 17.1 Å². The summed E-state index contributed by atoms with van der Waals surface area (Å²) in [6, 6.07) is 11.0. The molecular formula is C20H20N4O4. The first-order valence-corrected chi connectivity index (χ1v) is 8.75. The number of hydrogen-bond donors (Lipinski definition) is 1. The Morgan fingerprint density at radius 1 is 1.11 bits per heavy atom. The van der Waals surface area contributed by atoms with Gasteiger partial charge in [-0.25, -0.2) is 0 Å². The number of ether oxygens (including phenoxy) is 4. The van der Waals surface area contributed by atoms with Gasteiger partial charge in [0.25, 0.3) is 0 Å². The Bertz CT molecular complexity index is 942. The Morgan fingerprint density at radius 3 is 2.25 bits per heavy atom. The molecule has 3 rings (SSSR count). The molecule has 2 heterocycles. The first-order chi connectivity index (χ1) is 13.3. The molecule has 28 heavy (non-hydrogen) atoms. The van der Waals surface area contributed by atoms with Crippen molar-refractivity contribution < 1.29 is 18.9 Å². The van der Waals surface area contributed by atoms with Crippen molar-refractivity contribution in [3.05, 3.63) is 23.8 Å². The van der Waals surface area contributed by atoms with Crippen LogP contribution in [0.5, 0.6) is 11.5 Å². The molecule has 2 aliphatic heterocycles. The Labute approximate surface area is 163 Å². The second-order valence-electron chi connectivity index (χ2n) is 6.97. The molecule has 4 atom stereocenters. The van der Waals surface area contributed by atoms with Crippen LogP contribution in [-0.4, -0.2) is 25.9 Å². The summed E-state index contributed by atoms with van der Waals surface area (Å²) < 4.78 is 22.4. The zero-order valence-corrected chi connectivity index (χ0v) is 16.1. The maximum atomic E-state index is 10.1. The zero-order valence-electron chi connectivity index (χ0n) is 16.1. The molecule has 2 fully saturated rings. The van der Waals surface area contributed by atoms with Crippen LogP contribution in [0.4, 0.5) is 0 Å². The minimum Gasteiger partial charge on any atom is -0.493 e. The number of rotatable bonds is 4. The SMILES string of the molecule is CCC1C2(C)OC(=N)C1(C#N)C(C#N)(C#N)C(c1ccc(OC)c(OC)c1)O2. The lowest BCUT2D eigenvalue weighted by atomic mass is 9.53. The molecule has 2 aliphatic rings. The molecule has 1 aromatic rings. The van der Waals surface area contributed by atoms with Crippen LogP contribution in [-0.2, 0) is 9.47 Å². The van der Waals surface area contributed by atoms with Gasteiger partial charge in [-0.3, -0.25) is 5.41 Å². The fourth-order valence-electron chi connectivity index (χ4n) is 4.54. The highest BCUT2D eigenvalue weighted by atomic mass is 16.7. The molecular weight excluding hydrogens is 360 g/mol. The molecule has 0 aliphatic carbocycles. The molecule has 0 amide bonds. The Hall–Kier alpha value is -3.28. The number of nitriles is 3. The summed E-state index contributed by atoms with van der Waals surface area (Å²) >= 11 is 0. The first kappa shape index (κ1) is 19.5. The minimum atomic E-state index is -1.98. The lowest BCUT2D eigenvalue weighted by molar-refractivity contribution is -0.273. The van der Waals surface area contributed by atoms with Gasteiger partial charge >= 0.3 is 0 Å². The number of hydrogen-bond acceptors (Lipinski definition) is 8. The summed E-state index contributed by atoms with van der Waals surface area (Å²) in [6.45, 7) is 3.46. The fraction of sp³-hybridized carbons (Fsp3) is 0.500. The van der Waals surface area contributed by atoms with Gasteiger partial charge < -0.3 is 18.9 Å². The Kier molecular flexibility index (Phi) is 4.46. The van der Waals surface area contributed by atoms with Gasteiger partial charge in [-0.1, -0.05) is 13.0 Å². The maximum absolute atomic E-state index is 10.1. The van der Waals surface area contributed by atoms with Crippen molar-refractivity contribution in [1.29, 1.82) is 21.2 Å². The summed E-state index contributed by atoms with van der Waals surface area (Å²) in [4.78, 5) is 0. The zero-order chi connectivity index (χ0) is 20.7. The quantitative estimate of drug-likeness (QED) is 0.848. The normalized spacial score (nSPS) is 32.4. The third-order valence-electron chi connectivity index (χ3n) is 5.83. The van der Waals surface area contributed by atoms with Crippen LogP contribution in [0.3, 0.4) is 0 Å². The monoisotopic (exact) mass is 380 g/mol. The molecule has 0 aromatic heterocycles. The lowest BCUT2D eigenvalue weighted by Gasteiger charge is -2.48. The number of nitrogens with one attached hydrogen (secondary N) is 1. The van der Waals surface area contributed by atoms with E-state index in [0.29, 0.717) is 23.5 Å². The van der Waals surface area contributed by atoms with Crippen LogP contribution >= 0.6 is 0 Å². The molecule has 0 saturated carbocycles. The molecule has 0 radical (unpaired) electrons. The molecule has 2 saturated heterocycles. The van der Waals surface area contributed by atoms with Crippen LogP contribution < -0.4 is 9.47 Å². The highest BCUT2D eigenvalue weighted by Gasteiger charge is 2.78. The van der Waals surface area contributed by atoms with Crippen molar-refractivity contribution in [1.82, 2.24) is 0 Å². The maximum Gasteiger partial charge on any atom is 0.214 e. The molecule has 144 valence electrons. The predicted octanol–water partition coefficient (Wildman–Crippen LogP) is 3.07. The molecule has 8 heteroatoms. The second-order valence-corrected chi connectivity index (χ2v) is 6.97. The van der Waals surface area contributed by atoms with E-state index in [9.17, 15) is 15.8 Å². The van der Waals surface area contributed by atoms with Crippen molar-refractivity contribution in [3.63, 3.8) is 0 Å². The number of fused-ring (bicyclic) bond motifs is 2. The molecule has 8 nitrogen and oxygen atoms in total. The van der Waals surface area contributed by atoms with Crippen LogP contribution in [0.2, 0.25) is 0 Å². The molecule has 1 aromatic carbocycles. The molecule has 1 N–H and O–H groups in total. The average molecular weight is 380 g/mol. The van der Waals surface area contributed by atoms with Gasteiger partial charge in [-0.05, 0) is 24.1 Å². The van der Waals surface area contributed by atoms with E-state index in [-0.39, 0.29) is 0 Å². The third-order valence-corrected chi connectivity index (χ3v) is 5.83. The van der Waals surface area contributed by atoms with Crippen molar-refractivity contribution >= 4 is 5.90 Å². The first-order valence-electron chi connectivity index (χ1n) is 8.75. The van der Waals surface area contributed by atoms with E-state index in [4.69, 9.17) is 24.4 Å². The van der Waals surface area contributed by atoms with E-state index in [1.54, 1.807) is 25.1 Å². The largest absolute Gasteiger partial charge is 0.493 e. The van der Waals surface area contributed by atoms with E-state index in [1.807, 2.05) is 19.1 Å². The van der Waals surface area contributed by atoms with Crippen LogP contribution in [0.25, 0.3) is 0 Å². The highest BCUT2D eigenvalue weighted by molar-refractivity contribution is 5.89. The lowest BCUT2D eigenvalue weighted by Crippen LogP contribution is -2.58. The van der Waals surface area contributed by atoms with Gasteiger partial charge in [0.15, 0.2) is 16.9 Å². The van der Waals surface area contributed by atoms with Crippen LogP contribution in [0, 0.1) is 56.2 Å². The smallest absolute Gasteiger partial charge is 0.214 e. The summed E-state index contributed by atoms with van der Waals surface area (Å²) in [5.41, 5.74) is -3.27. The van der Waals surface area contributed by atoms with Crippen molar-refractivity contribution in [3.8, 4) is 29.7 Å². The Balaban J connectivity index is 2.30. The second kappa shape index (κ2) is 6.41. The summed E-state index contributed by atoms with van der Waals surface area (Å²) in [6.07, 6.45) is -0.728. The van der Waals surface area contributed by atoms with E-state index in [1.165, 1.54) is 14.2 Å². The predicted molar refractivity (Wildman–Crippen MR) is 96.1 cm³/mol. The number of benzene rings is 1. The average Bonchev–Trinajstić information content (AvgIpc) is 2.89. The number of nitrogens with zero attached hydrogens (tertiary/aromatic N) is 3. The van der Waals surface area contributed by atoms with Crippen molar-refractivity contribution in [2.75, 3.05) is 14.2 Å². The van der Waals surface area contributed by atoms with Gasteiger partial charge in [-0.15, -0.1) is 0 Å². The number of methoxy groups -OCH3 is 2. The van der Waals surface area contributed by atoms with E-state index in [2.05, 4.69) is 6.07 Å². The van der Waals surface area contributed by atoms with Gasteiger partial charge in [0.1, 0.15) is 6.10 Å². The van der Waals surface area contributed by atoms with Crippen molar-refractivity contribution in [2.24, 2.45) is 16.7 Å². The highest BCUT2D eigenvalue weighted by Crippen LogP contribution is 2.67. The van der Waals surface area contributed by atoms with Crippen LogP contribution in [0.1, 0.15) is 31.9 Å². The van der Waals surface area contributed by atoms with Gasteiger partial charge in [0, 0.05) is 6.92 Å². The topological polar surface area (TPSA) is 132 Å². The summed E-state index contributed by atoms with van der Waals surface area (Å²) in [7, 11) is 2.97. The van der Waals surface area contributed by atoms with E-state index < -0.39 is 34.5 Å². The van der Waals surface area contributed by atoms with E-state index >= 15 is 0 Å². The summed E-state index contributed by atoms with van der Waals surface area (Å²) in [5, 5.41) is 38.7. The molecule has 0 spiro atoms. The third kappa shape index (κ3) is 2.08. The van der Waals surface area contributed by atoms with E-state index in [0.717, 1.165) is 0 Å². The van der Waals surface area contributed by atoms with Gasteiger partial charge in [-0.2, -0.15) is 15.8 Å². The molecule has 4 unspecified atom stereocenters. The standard InChI is InChI=1S/C20H20N4O4/c1-5-15-18(2)27-16(12-6-7-13(25-3)14(8-12)26-4)19(9-21,10-22)20(15,11-23)17(24)28-18/h6-8,15-16,24H,5H2,1-4H3. The summed E-state index contributed by atoms with van der Waals surface area (Å²) in [5.74, 6) is -1.49. The van der Waals surface area contributed by atoms with Crippen LogP contribution in [0.15, 0.2) is 18.2 Å². The van der Waals surface area contributed by atoms with Crippen molar-refractivity contribution in [2.45, 2.75) is 32.2 Å². The van der Waals surface area contributed by atoms with Gasteiger partial charge in [0.05, 0.1) is 38.3 Å². The fourth-order valence-corrected chi connectivity index (χ4v) is 4.54. The minimum absolute atomic E-state index is 0.394.